The molecule has 0 aliphatic carbocycles. The van der Waals surface area contributed by atoms with Gasteiger partial charge in [-0.15, -0.1) is 0 Å². The summed E-state index contributed by atoms with van der Waals surface area (Å²) < 4.78 is 5.53. The summed E-state index contributed by atoms with van der Waals surface area (Å²) in [6.45, 7) is 15.7. The SMILES string of the molecule is CC(C)=C(C)C(=O)OC(C)(C)C(C)(C)C.II. The highest BCUT2D eigenvalue weighted by atomic mass is 128. The lowest BCUT2D eigenvalue weighted by molar-refractivity contribution is -0.162. The Balaban J connectivity index is 0. The molecule has 0 heterocycles. The molecule has 17 heavy (non-hydrogen) atoms. The largest absolute Gasteiger partial charge is 0.456 e. The molecule has 0 atom stereocenters. The smallest absolute Gasteiger partial charge is 0.334 e. The molecule has 2 nitrogen and oxygen atoms in total. The van der Waals surface area contributed by atoms with Gasteiger partial charge in [0.2, 0.25) is 0 Å². The first-order chi connectivity index (χ1) is 7.49. The second-order valence-electron chi connectivity index (χ2n) is 5.77. The maximum Gasteiger partial charge on any atom is 0.334 e. The van der Waals surface area contributed by atoms with Crippen molar-refractivity contribution in [1.29, 1.82) is 0 Å². The van der Waals surface area contributed by atoms with Crippen LogP contribution in [0.3, 0.4) is 0 Å². The van der Waals surface area contributed by atoms with Crippen molar-refractivity contribution in [3.05, 3.63) is 11.1 Å². The highest BCUT2D eigenvalue weighted by Crippen LogP contribution is 2.33. The Kier molecular flexibility index (Phi) is 9.37. The van der Waals surface area contributed by atoms with Gasteiger partial charge in [-0.2, -0.15) is 0 Å². The third kappa shape index (κ3) is 6.98. The molecule has 102 valence electrons. The van der Waals surface area contributed by atoms with Gasteiger partial charge in [-0.1, -0.05) is 26.3 Å². The van der Waals surface area contributed by atoms with Gasteiger partial charge in [0.1, 0.15) is 5.60 Å². The van der Waals surface area contributed by atoms with E-state index in [1.54, 1.807) is 6.92 Å². The summed E-state index contributed by atoms with van der Waals surface area (Å²) in [6.07, 6.45) is 0. The molecule has 0 radical (unpaired) electrons. The monoisotopic (exact) mass is 466 g/mol. The van der Waals surface area contributed by atoms with E-state index in [0.29, 0.717) is 5.57 Å². The lowest BCUT2D eigenvalue weighted by Crippen LogP contribution is -2.41. The minimum Gasteiger partial charge on any atom is -0.456 e. The molecule has 4 heteroatoms. The van der Waals surface area contributed by atoms with E-state index < -0.39 is 5.60 Å². The normalized spacial score (nSPS) is 11.2. The second kappa shape index (κ2) is 7.96. The quantitative estimate of drug-likeness (QED) is 0.306. The molecule has 0 spiro atoms. The third-order valence-electron chi connectivity index (χ3n) is 3.21. The number of carbonyl (C=O) groups is 1. The fourth-order valence-electron chi connectivity index (χ4n) is 0.666. The van der Waals surface area contributed by atoms with Crippen LogP contribution in [-0.4, -0.2) is 11.6 Å². The molecular formula is C13H24I2O2. The summed E-state index contributed by atoms with van der Waals surface area (Å²) in [7, 11) is 0. The Morgan fingerprint density at radius 2 is 1.29 bits per heavy atom. The van der Waals surface area contributed by atoms with Crippen LogP contribution in [0.5, 0.6) is 0 Å². The number of ether oxygens (including phenoxy) is 1. The molecule has 0 amide bonds. The van der Waals surface area contributed by atoms with Crippen molar-refractivity contribution in [2.24, 2.45) is 5.41 Å². The van der Waals surface area contributed by atoms with Crippen molar-refractivity contribution in [2.45, 2.75) is 61.0 Å². The number of halogens is 2. The van der Waals surface area contributed by atoms with E-state index in [0.717, 1.165) is 5.57 Å². The highest BCUT2D eigenvalue weighted by molar-refractivity contribution is 15.0. The first-order valence-electron chi connectivity index (χ1n) is 5.51. The zero-order chi connectivity index (χ0) is 14.4. The van der Waals surface area contributed by atoms with Crippen molar-refractivity contribution >= 4 is 43.2 Å². The first kappa shape index (κ1) is 20.0. The maximum absolute atomic E-state index is 11.8. The summed E-state index contributed by atoms with van der Waals surface area (Å²) in [5.41, 5.74) is 1.18. The lowest BCUT2D eigenvalue weighted by Gasteiger charge is -2.38. The minimum atomic E-state index is -0.458. The predicted octanol–water partition coefficient (Wildman–Crippen LogP) is 5.48. The predicted molar refractivity (Wildman–Crippen MR) is 91.7 cm³/mol. The van der Waals surface area contributed by atoms with Crippen LogP contribution in [0.2, 0.25) is 0 Å². The highest BCUT2D eigenvalue weighted by Gasteiger charge is 2.36. The van der Waals surface area contributed by atoms with Crippen LogP contribution < -0.4 is 0 Å². The zero-order valence-corrected chi connectivity index (χ0v) is 16.4. The van der Waals surface area contributed by atoms with Crippen LogP contribution in [0.4, 0.5) is 0 Å². The number of esters is 1. The van der Waals surface area contributed by atoms with E-state index in [4.69, 9.17) is 4.74 Å². The standard InChI is InChI=1S/C13H24O2.I2/c1-9(2)10(3)11(14)15-13(7,8)12(4,5)6;1-2/h1-8H3;. The molecule has 0 aliphatic heterocycles. The number of hydrogen-bond donors (Lipinski definition) is 0. The van der Waals surface area contributed by atoms with Crippen LogP contribution in [-0.2, 0) is 9.53 Å². The van der Waals surface area contributed by atoms with E-state index in [-0.39, 0.29) is 11.4 Å². The van der Waals surface area contributed by atoms with E-state index >= 15 is 0 Å². The minimum absolute atomic E-state index is 0.0649. The molecule has 0 saturated carbocycles. The molecule has 0 N–H and O–H groups in total. The molecule has 0 unspecified atom stereocenters. The van der Waals surface area contributed by atoms with E-state index in [1.807, 2.05) is 27.7 Å². The summed E-state index contributed by atoms with van der Waals surface area (Å²) in [6, 6.07) is 0. The Hall–Kier alpha value is 0.670. The Morgan fingerprint density at radius 3 is 1.53 bits per heavy atom. The Morgan fingerprint density at radius 1 is 0.941 bits per heavy atom. The summed E-state index contributed by atoms with van der Waals surface area (Å²) in [4.78, 5) is 11.8. The topological polar surface area (TPSA) is 26.3 Å². The van der Waals surface area contributed by atoms with Gasteiger partial charge in [0.15, 0.2) is 0 Å². The van der Waals surface area contributed by atoms with Crippen LogP contribution in [0.25, 0.3) is 0 Å². The molecule has 0 aliphatic rings. The molecule has 0 fully saturated rings. The van der Waals surface area contributed by atoms with Crippen molar-refractivity contribution in [1.82, 2.24) is 0 Å². The van der Waals surface area contributed by atoms with Crippen molar-refractivity contribution in [3.63, 3.8) is 0 Å². The summed E-state index contributed by atoms with van der Waals surface area (Å²) in [5.74, 6) is -0.213. The van der Waals surface area contributed by atoms with Gasteiger partial charge in [-0.3, -0.25) is 0 Å². The van der Waals surface area contributed by atoms with Crippen molar-refractivity contribution < 1.29 is 9.53 Å². The number of rotatable bonds is 2. The van der Waals surface area contributed by atoms with Crippen LogP contribution in [0.1, 0.15) is 55.4 Å². The van der Waals surface area contributed by atoms with Gasteiger partial charge < -0.3 is 4.74 Å². The van der Waals surface area contributed by atoms with Gasteiger partial charge >= 0.3 is 5.97 Å². The van der Waals surface area contributed by atoms with E-state index in [9.17, 15) is 4.79 Å². The number of hydrogen-bond acceptors (Lipinski definition) is 2. The van der Waals surface area contributed by atoms with Crippen LogP contribution >= 0.6 is 37.2 Å². The average molecular weight is 466 g/mol. The van der Waals surface area contributed by atoms with Crippen LogP contribution in [0.15, 0.2) is 11.1 Å². The Bertz CT molecular complexity index is 282. The first-order valence-corrected chi connectivity index (χ1v) is 11.8. The van der Waals surface area contributed by atoms with Gasteiger partial charge in [0.05, 0.1) is 0 Å². The summed E-state index contributed by atoms with van der Waals surface area (Å²) in [5, 5.41) is 0. The molecule has 0 aromatic heterocycles. The molecule has 0 aromatic rings. The molecule has 0 rings (SSSR count). The molecule has 0 saturated heterocycles. The molecular weight excluding hydrogens is 442 g/mol. The zero-order valence-electron chi connectivity index (χ0n) is 12.1. The van der Waals surface area contributed by atoms with Crippen molar-refractivity contribution in [3.8, 4) is 0 Å². The van der Waals surface area contributed by atoms with Gasteiger partial charge in [-0.25, -0.2) is 4.79 Å². The molecule has 0 aromatic carbocycles. The van der Waals surface area contributed by atoms with Crippen molar-refractivity contribution in [2.75, 3.05) is 0 Å². The summed E-state index contributed by atoms with van der Waals surface area (Å²) >= 11 is 4.24. The van der Waals surface area contributed by atoms with E-state index in [1.165, 1.54) is 0 Å². The van der Waals surface area contributed by atoms with Gasteiger partial charge in [-0.05, 0) is 34.6 Å². The fourth-order valence-corrected chi connectivity index (χ4v) is 0.666. The van der Waals surface area contributed by atoms with Gasteiger partial charge in [0, 0.05) is 48.2 Å². The van der Waals surface area contributed by atoms with Crippen LogP contribution in [0, 0.1) is 5.41 Å². The average Bonchev–Trinajstić information content (AvgIpc) is 2.17. The number of allylic oxidation sites excluding steroid dienone is 1. The molecule has 0 bridgehead atoms. The maximum atomic E-state index is 11.8. The van der Waals surface area contributed by atoms with E-state index in [2.05, 4.69) is 58.0 Å². The van der Waals surface area contributed by atoms with Gasteiger partial charge in [0.25, 0.3) is 0 Å². The Labute approximate surface area is 129 Å². The second-order valence-corrected chi connectivity index (χ2v) is 5.77. The number of carbonyl (C=O) groups excluding carboxylic acids is 1. The fraction of sp³-hybridized carbons (Fsp3) is 0.769. The lowest BCUT2D eigenvalue weighted by atomic mass is 9.79. The third-order valence-corrected chi connectivity index (χ3v) is 3.21.